The largest absolute Gasteiger partial charge is 0.321 e. The molecule has 1 aliphatic rings. The Morgan fingerprint density at radius 2 is 2.50 bits per heavy atom. The highest BCUT2D eigenvalue weighted by Gasteiger charge is 2.15. The van der Waals surface area contributed by atoms with Gasteiger partial charge in [0, 0.05) is 7.05 Å². The van der Waals surface area contributed by atoms with E-state index in [-0.39, 0.29) is 6.04 Å². The molecule has 0 aromatic carbocycles. The number of likely N-dealkylation sites (N-methyl/N-ethyl adjacent to an activating group) is 1. The molecule has 0 saturated heterocycles. The van der Waals surface area contributed by atoms with Crippen molar-refractivity contribution < 1.29 is 0 Å². The van der Waals surface area contributed by atoms with Crippen LogP contribution in [0.1, 0.15) is 6.92 Å². The van der Waals surface area contributed by atoms with Crippen LogP contribution in [0.15, 0.2) is 5.10 Å². The van der Waals surface area contributed by atoms with Crippen LogP contribution in [0.2, 0.25) is 0 Å². The molecule has 1 heterocycles. The van der Waals surface area contributed by atoms with Crippen LogP contribution in [0, 0.1) is 0 Å². The summed E-state index contributed by atoms with van der Waals surface area (Å²) in [5.74, 6) is 0. The number of nitrogens with zero attached hydrogens (tertiary/aromatic N) is 2. The summed E-state index contributed by atoms with van der Waals surface area (Å²) in [4.78, 5) is 0. The second-order valence-corrected chi connectivity index (χ2v) is 2.19. The Hall–Kier alpha value is -0.570. The number of hydrogen-bond acceptors (Lipinski definition) is 3. The fraction of sp³-hybridized carbons (Fsp3) is 0.800. The minimum atomic E-state index is 0.167. The Labute approximate surface area is 49.2 Å². The summed E-state index contributed by atoms with van der Waals surface area (Å²) in [5.41, 5.74) is 6.63. The van der Waals surface area contributed by atoms with Crippen LogP contribution in [0.4, 0.5) is 0 Å². The summed E-state index contributed by atoms with van der Waals surface area (Å²) in [7, 11) is 1.93. The molecule has 0 aliphatic carbocycles. The van der Waals surface area contributed by atoms with E-state index < -0.39 is 0 Å². The molecule has 1 aliphatic heterocycles. The van der Waals surface area contributed by atoms with Crippen molar-refractivity contribution in [2.24, 2.45) is 10.8 Å². The maximum atomic E-state index is 5.60. The zero-order chi connectivity index (χ0) is 6.15. The summed E-state index contributed by atoms with van der Waals surface area (Å²) in [6.45, 7) is 2.82. The zero-order valence-electron chi connectivity index (χ0n) is 5.26. The smallest absolute Gasteiger partial charge is 0.0640 e. The molecular weight excluding hydrogens is 102 g/mol. The maximum Gasteiger partial charge on any atom is 0.0640 e. The van der Waals surface area contributed by atoms with Crippen molar-refractivity contribution in [3.05, 3.63) is 0 Å². The monoisotopic (exact) mass is 113 g/mol. The predicted molar refractivity (Wildman–Crippen MR) is 33.7 cm³/mol. The third-order valence-electron chi connectivity index (χ3n) is 1.33. The van der Waals surface area contributed by atoms with E-state index in [1.54, 1.807) is 0 Å². The summed E-state index contributed by atoms with van der Waals surface area (Å²) in [6.07, 6.45) is 0. The van der Waals surface area contributed by atoms with Crippen LogP contribution in [-0.2, 0) is 0 Å². The van der Waals surface area contributed by atoms with E-state index in [1.165, 1.54) is 0 Å². The topological polar surface area (TPSA) is 41.6 Å². The van der Waals surface area contributed by atoms with E-state index in [2.05, 4.69) is 5.10 Å². The van der Waals surface area contributed by atoms with Crippen molar-refractivity contribution in [3.63, 3.8) is 0 Å². The molecule has 1 atom stereocenters. The maximum absolute atomic E-state index is 5.60. The summed E-state index contributed by atoms with van der Waals surface area (Å²) in [6, 6.07) is 0.167. The first-order valence-corrected chi connectivity index (χ1v) is 2.72. The van der Waals surface area contributed by atoms with Gasteiger partial charge in [0.05, 0.1) is 18.3 Å². The highest BCUT2D eigenvalue weighted by atomic mass is 15.5. The molecule has 0 spiro atoms. The molecule has 3 nitrogen and oxygen atoms in total. The average Bonchev–Trinajstić information content (AvgIpc) is 1.85. The molecule has 0 aromatic heterocycles. The summed E-state index contributed by atoms with van der Waals surface area (Å²) < 4.78 is 0. The predicted octanol–water partition coefficient (Wildman–Crippen LogP) is -0.365. The second kappa shape index (κ2) is 1.74. The van der Waals surface area contributed by atoms with Gasteiger partial charge in [-0.3, -0.25) is 5.01 Å². The highest BCUT2D eigenvalue weighted by molar-refractivity contribution is 5.88. The molecule has 2 N–H and O–H groups in total. The first-order chi connectivity index (χ1) is 3.70. The van der Waals surface area contributed by atoms with Crippen LogP contribution in [0.25, 0.3) is 0 Å². The van der Waals surface area contributed by atoms with E-state index >= 15 is 0 Å². The first kappa shape index (κ1) is 5.56. The van der Waals surface area contributed by atoms with Gasteiger partial charge >= 0.3 is 0 Å². The van der Waals surface area contributed by atoms with Crippen LogP contribution >= 0.6 is 0 Å². The van der Waals surface area contributed by atoms with Gasteiger partial charge in [-0.05, 0) is 6.92 Å². The lowest BCUT2D eigenvalue weighted by atomic mass is 10.2. The Morgan fingerprint density at radius 1 is 1.88 bits per heavy atom. The number of hydrazone groups is 1. The zero-order valence-corrected chi connectivity index (χ0v) is 5.26. The molecule has 3 heteroatoms. The number of nitrogens with two attached hydrogens (primary N) is 1. The Kier molecular flexibility index (Phi) is 1.21. The van der Waals surface area contributed by atoms with Crippen molar-refractivity contribution in [2.45, 2.75) is 13.0 Å². The van der Waals surface area contributed by atoms with Gasteiger partial charge in [-0.2, -0.15) is 5.10 Å². The van der Waals surface area contributed by atoms with Gasteiger partial charge in [0.1, 0.15) is 0 Å². The lowest BCUT2D eigenvalue weighted by Crippen LogP contribution is -2.30. The van der Waals surface area contributed by atoms with Gasteiger partial charge in [-0.25, -0.2) is 0 Å². The van der Waals surface area contributed by atoms with Crippen molar-refractivity contribution >= 4 is 5.71 Å². The highest BCUT2D eigenvalue weighted by Crippen LogP contribution is 1.99. The van der Waals surface area contributed by atoms with E-state index in [9.17, 15) is 0 Å². The fourth-order valence-corrected chi connectivity index (χ4v) is 0.801. The Bertz CT molecular complexity index is 119. The molecule has 1 unspecified atom stereocenters. The Balaban J connectivity index is 2.59. The Morgan fingerprint density at radius 3 is 2.62 bits per heavy atom. The van der Waals surface area contributed by atoms with Crippen molar-refractivity contribution in [1.29, 1.82) is 0 Å². The van der Waals surface area contributed by atoms with E-state index in [1.807, 2.05) is 19.0 Å². The normalized spacial score (nSPS) is 28.6. The minimum Gasteiger partial charge on any atom is -0.321 e. The number of rotatable bonds is 0. The molecule has 1 rings (SSSR count). The van der Waals surface area contributed by atoms with Crippen molar-refractivity contribution in [2.75, 3.05) is 13.6 Å². The third kappa shape index (κ3) is 0.816. The summed E-state index contributed by atoms with van der Waals surface area (Å²) >= 11 is 0. The van der Waals surface area contributed by atoms with E-state index in [0.29, 0.717) is 0 Å². The molecule has 0 saturated carbocycles. The molecule has 46 valence electrons. The molecule has 0 bridgehead atoms. The van der Waals surface area contributed by atoms with Gasteiger partial charge in [-0.15, -0.1) is 0 Å². The van der Waals surface area contributed by atoms with Gasteiger partial charge < -0.3 is 5.73 Å². The van der Waals surface area contributed by atoms with Gasteiger partial charge in [0.25, 0.3) is 0 Å². The minimum absolute atomic E-state index is 0.167. The standard InChI is InChI=1S/C5H11N3/c1-4-5(6)3-8(2)7-4/h5H,3,6H2,1-2H3. The van der Waals surface area contributed by atoms with Crippen molar-refractivity contribution in [3.8, 4) is 0 Å². The van der Waals surface area contributed by atoms with Crippen LogP contribution in [0.5, 0.6) is 0 Å². The van der Waals surface area contributed by atoms with Gasteiger partial charge in [-0.1, -0.05) is 0 Å². The van der Waals surface area contributed by atoms with Gasteiger partial charge in [0.15, 0.2) is 0 Å². The third-order valence-corrected chi connectivity index (χ3v) is 1.33. The summed E-state index contributed by atoms with van der Waals surface area (Å²) in [5, 5.41) is 5.96. The van der Waals surface area contributed by atoms with E-state index in [0.717, 1.165) is 12.3 Å². The molecular formula is C5H11N3. The lowest BCUT2D eigenvalue weighted by Gasteiger charge is -2.04. The van der Waals surface area contributed by atoms with Crippen LogP contribution in [0.3, 0.4) is 0 Å². The molecule has 8 heavy (non-hydrogen) atoms. The van der Waals surface area contributed by atoms with Crippen LogP contribution < -0.4 is 5.73 Å². The quantitative estimate of drug-likeness (QED) is 0.466. The first-order valence-electron chi connectivity index (χ1n) is 2.72. The molecule has 0 amide bonds. The van der Waals surface area contributed by atoms with Crippen LogP contribution in [-0.4, -0.2) is 30.4 Å². The van der Waals surface area contributed by atoms with Gasteiger partial charge in [0.2, 0.25) is 0 Å². The average molecular weight is 113 g/mol. The molecule has 0 aromatic rings. The molecule has 0 radical (unpaired) electrons. The molecule has 0 fully saturated rings. The number of hydrogen-bond donors (Lipinski definition) is 1. The van der Waals surface area contributed by atoms with E-state index in [4.69, 9.17) is 5.73 Å². The second-order valence-electron chi connectivity index (χ2n) is 2.19. The lowest BCUT2D eigenvalue weighted by molar-refractivity contribution is 0.381. The van der Waals surface area contributed by atoms with Crippen molar-refractivity contribution in [1.82, 2.24) is 5.01 Å². The fourth-order valence-electron chi connectivity index (χ4n) is 0.801. The SMILES string of the molecule is CC1=NN(C)CC1N.